The summed E-state index contributed by atoms with van der Waals surface area (Å²) in [5.41, 5.74) is 5.74. The Hall–Kier alpha value is -0.0800. The third kappa shape index (κ3) is 1.74. The summed E-state index contributed by atoms with van der Waals surface area (Å²) in [5, 5.41) is 0. The van der Waals surface area contributed by atoms with Crippen LogP contribution in [0.5, 0.6) is 0 Å². The molecule has 0 aliphatic carbocycles. The van der Waals surface area contributed by atoms with E-state index in [2.05, 4.69) is 14.0 Å². The van der Waals surface area contributed by atoms with Crippen LogP contribution in [0.3, 0.4) is 0 Å². The molecule has 0 saturated carbocycles. The van der Waals surface area contributed by atoms with Crippen LogP contribution < -0.4 is 5.73 Å². The molecule has 1 fully saturated rings. The van der Waals surface area contributed by atoms with Gasteiger partial charge in [-0.1, -0.05) is 0 Å². The van der Waals surface area contributed by atoms with Gasteiger partial charge in [0.2, 0.25) is 0 Å². The van der Waals surface area contributed by atoms with Crippen LogP contribution in [0.2, 0.25) is 0 Å². The highest BCUT2D eigenvalue weighted by atomic mass is 15.4. The molecule has 2 nitrogen and oxygen atoms in total. The van der Waals surface area contributed by atoms with Crippen LogP contribution >= 0.6 is 0 Å². The molecular weight excluding hydrogens is 136 g/mol. The second kappa shape index (κ2) is 3.55. The average molecular weight is 157 g/mol. The van der Waals surface area contributed by atoms with Crippen LogP contribution in [-0.2, 0) is 0 Å². The molecule has 0 aromatic carbocycles. The maximum atomic E-state index is 5.74. The Morgan fingerprint density at radius 2 is 2.18 bits per heavy atom. The highest BCUT2D eigenvalue weighted by Crippen LogP contribution is 2.22. The summed E-state index contributed by atoms with van der Waals surface area (Å²) in [7, 11) is 2.34. The third-order valence-electron chi connectivity index (χ3n) is 3.33. The van der Waals surface area contributed by atoms with Gasteiger partial charge >= 0.3 is 0 Å². The van der Waals surface area contributed by atoms with Crippen molar-refractivity contribution >= 4 is 0 Å². The maximum Gasteiger partial charge on any atom is 0.101 e. The number of rotatable bonds is 2. The monoisotopic (exact) mass is 157 g/mol. The van der Waals surface area contributed by atoms with Crippen LogP contribution in [0.4, 0.5) is 0 Å². The number of hydrogen-bond acceptors (Lipinski definition) is 1. The normalized spacial score (nSPS) is 39.0. The van der Waals surface area contributed by atoms with Gasteiger partial charge in [0, 0.05) is 13.0 Å². The van der Waals surface area contributed by atoms with Gasteiger partial charge in [-0.15, -0.1) is 0 Å². The second-order valence-corrected chi connectivity index (χ2v) is 3.90. The van der Waals surface area contributed by atoms with Crippen molar-refractivity contribution in [2.24, 2.45) is 5.73 Å². The van der Waals surface area contributed by atoms with Crippen LogP contribution in [0.25, 0.3) is 0 Å². The van der Waals surface area contributed by atoms with Crippen molar-refractivity contribution in [2.45, 2.75) is 32.2 Å². The number of nitrogens with two attached hydrogens (primary N) is 1. The number of quaternary nitrogens is 1. The lowest BCUT2D eigenvalue weighted by molar-refractivity contribution is -0.935. The van der Waals surface area contributed by atoms with Crippen molar-refractivity contribution in [3.8, 4) is 0 Å². The van der Waals surface area contributed by atoms with E-state index in [0.29, 0.717) is 0 Å². The first-order valence-electron chi connectivity index (χ1n) is 4.77. The van der Waals surface area contributed by atoms with Crippen molar-refractivity contribution in [3.63, 3.8) is 0 Å². The van der Waals surface area contributed by atoms with Crippen molar-refractivity contribution in [2.75, 3.05) is 26.7 Å². The molecule has 1 aliphatic heterocycles. The zero-order valence-corrected chi connectivity index (χ0v) is 7.84. The number of likely N-dealkylation sites (tertiary alicyclic amines) is 1. The Bertz CT molecular complexity index is 125. The van der Waals surface area contributed by atoms with E-state index < -0.39 is 0 Å². The van der Waals surface area contributed by atoms with Crippen molar-refractivity contribution in [1.29, 1.82) is 0 Å². The number of hydrogen-bond donors (Lipinski definition) is 1. The molecule has 0 aromatic heterocycles. The molecule has 2 N–H and O–H groups in total. The standard InChI is InChI=1S/C9H21N2/c1-3-11(2)7-5-4-6-9(11)8-10/h9H,3-8,10H2,1-2H3/q+1/t9-,11?/m0/s1. The van der Waals surface area contributed by atoms with E-state index in [1.165, 1.54) is 36.8 Å². The summed E-state index contributed by atoms with van der Waals surface area (Å²) >= 11 is 0. The lowest BCUT2D eigenvalue weighted by Crippen LogP contribution is -2.57. The molecular formula is C9H21N2+. The van der Waals surface area contributed by atoms with Crippen LogP contribution in [0.1, 0.15) is 26.2 Å². The zero-order chi connectivity index (χ0) is 8.32. The molecule has 0 amide bonds. The first-order chi connectivity index (χ1) is 5.23. The van der Waals surface area contributed by atoms with Gasteiger partial charge in [0.25, 0.3) is 0 Å². The predicted molar refractivity (Wildman–Crippen MR) is 48.3 cm³/mol. The van der Waals surface area contributed by atoms with Gasteiger partial charge in [-0.25, -0.2) is 0 Å². The SMILES string of the molecule is CC[N+]1(C)CCCC[C@H]1CN. The minimum Gasteiger partial charge on any atom is -0.325 e. The lowest BCUT2D eigenvalue weighted by atomic mass is 9.99. The molecule has 1 aliphatic rings. The molecule has 1 rings (SSSR count). The summed E-state index contributed by atoms with van der Waals surface area (Å²) in [6.07, 6.45) is 4.11. The highest BCUT2D eigenvalue weighted by Gasteiger charge is 2.32. The summed E-state index contributed by atoms with van der Waals surface area (Å²) in [6.45, 7) is 5.71. The van der Waals surface area contributed by atoms with Crippen molar-refractivity contribution in [3.05, 3.63) is 0 Å². The minimum atomic E-state index is 0.730. The lowest BCUT2D eigenvalue weighted by Gasteiger charge is -2.43. The van der Waals surface area contributed by atoms with E-state index in [0.717, 1.165) is 12.6 Å². The number of likely N-dealkylation sites (N-methyl/N-ethyl adjacent to an activating group) is 1. The fourth-order valence-corrected chi connectivity index (χ4v) is 2.14. The predicted octanol–water partition coefficient (Wildman–Crippen LogP) is 0.964. The van der Waals surface area contributed by atoms with E-state index in [-0.39, 0.29) is 0 Å². The van der Waals surface area contributed by atoms with Crippen molar-refractivity contribution < 1.29 is 4.48 Å². The number of piperidine rings is 1. The van der Waals surface area contributed by atoms with E-state index in [1.807, 2.05) is 0 Å². The molecule has 11 heavy (non-hydrogen) atoms. The Labute approximate surface area is 70.0 Å². The molecule has 1 saturated heterocycles. The molecule has 0 bridgehead atoms. The van der Waals surface area contributed by atoms with Gasteiger partial charge in [0.1, 0.15) is 6.04 Å². The molecule has 1 heterocycles. The third-order valence-corrected chi connectivity index (χ3v) is 3.33. The molecule has 0 radical (unpaired) electrons. The smallest absolute Gasteiger partial charge is 0.101 e. The van der Waals surface area contributed by atoms with Crippen LogP contribution in [0.15, 0.2) is 0 Å². The fraction of sp³-hybridized carbons (Fsp3) is 1.00. The van der Waals surface area contributed by atoms with Crippen LogP contribution in [0, 0.1) is 0 Å². The summed E-state index contributed by atoms with van der Waals surface area (Å²) < 4.78 is 1.20. The average Bonchev–Trinajstić information content (AvgIpc) is 2.05. The summed E-state index contributed by atoms with van der Waals surface area (Å²) in [6, 6.07) is 0.730. The molecule has 2 heteroatoms. The topological polar surface area (TPSA) is 26.0 Å². The Morgan fingerprint density at radius 1 is 1.45 bits per heavy atom. The quantitative estimate of drug-likeness (QED) is 0.594. The summed E-state index contributed by atoms with van der Waals surface area (Å²) in [5.74, 6) is 0. The molecule has 2 atom stereocenters. The van der Waals surface area contributed by atoms with Gasteiger partial charge < -0.3 is 10.2 Å². The second-order valence-electron chi connectivity index (χ2n) is 3.90. The Morgan fingerprint density at radius 3 is 2.64 bits per heavy atom. The first-order valence-corrected chi connectivity index (χ1v) is 4.77. The Kier molecular flexibility index (Phi) is 2.90. The van der Waals surface area contributed by atoms with Gasteiger partial charge in [-0.05, 0) is 19.8 Å². The summed E-state index contributed by atoms with van der Waals surface area (Å²) in [4.78, 5) is 0. The zero-order valence-electron chi connectivity index (χ0n) is 7.84. The van der Waals surface area contributed by atoms with E-state index in [1.54, 1.807) is 0 Å². The molecule has 0 aromatic rings. The molecule has 66 valence electrons. The number of nitrogens with zero attached hydrogens (tertiary/aromatic N) is 1. The van der Waals surface area contributed by atoms with Gasteiger partial charge in [0.15, 0.2) is 0 Å². The van der Waals surface area contributed by atoms with E-state index >= 15 is 0 Å². The fourth-order valence-electron chi connectivity index (χ4n) is 2.14. The Balaban J connectivity index is 2.57. The van der Waals surface area contributed by atoms with Gasteiger partial charge in [0.05, 0.1) is 20.1 Å². The van der Waals surface area contributed by atoms with Gasteiger partial charge in [-0.2, -0.15) is 0 Å². The largest absolute Gasteiger partial charge is 0.325 e. The minimum absolute atomic E-state index is 0.730. The van der Waals surface area contributed by atoms with Crippen LogP contribution in [-0.4, -0.2) is 37.2 Å². The maximum absolute atomic E-state index is 5.74. The van der Waals surface area contributed by atoms with E-state index in [4.69, 9.17) is 5.73 Å². The molecule has 0 spiro atoms. The first kappa shape index (κ1) is 9.01. The van der Waals surface area contributed by atoms with Gasteiger partial charge in [-0.3, -0.25) is 0 Å². The van der Waals surface area contributed by atoms with Crippen molar-refractivity contribution in [1.82, 2.24) is 0 Å². The molecule has 1 unspecified atom stereocenters. The van der Waals surface area contributed by atoms with E-state index in [9.17, 15) is 0 Å². The highest BCUT2D eigenvalue weighted by molar-refractivity contribution is 4.65.